The van der Waals surface area contributed by atoms with E-state index in [9.17, 15) is 4.57 Å². The first-order chi connectivity index (χ1) is 6.40. The Morgan fingerprint density at radius 1 is 1.31 bits per heavy atom. The van der Waals surface area contributed by atoms with Gasteiger partial charge in [-0.15, -0.1) is 0 Å². The smallest absolute Gasteiger partial charge is 0.395 e. The molecule has 3 nitrogen and oxygen atoms in total. The van der Waals surface area contributed by atoms with Gasteiger partial charge in [-0.25, -0.2) is 4.57 Å². The highest BCUT2D eigenvalue weighted by molar-refractivity contribution is 7.17. The lowest BCUT2D eigenvalue weighted by atomic mass is 10.2. The third-order valence-electron chi connectivity index (χ3n) is 1.72. The Bertz CT molecular complexity index is 444. The molecule has 0 bridgehead atoms. The molecule has 1 aromatic carbocycles. The van der Waals surface area contributed by atoms with E-state index in [0.717, 1.165) is 10.9 Å². The van der Waals surface area contributed by atoms with Gasteiger partial charge in [0.15, 0.2) is 0 Å². The summed E-state index contributed by atoms with van der Waals surface area (Å²) in [6.45, 7) is 0. The summed E-state index contributed by atoms with van der Waals surface area (Å²) in [5.74, 6) is 0.581. The molecule has 4 heteroatoms. The summed E-state index contributed by atoms with van der Waals surface area (Å²) in [6, 6.07) is 9.14. The number of hydrogen-bond donors (Lipinski definition) is 0. The van der Waals surface area contributed by atoms with Gasteiger partial charge in [0.1, 0.15) is 5.75 Å². The van der Waals surface area contributed by atoms with E-state index in [1.165, 1.54) is 0 Å². The Kier molecular flexibility index (Phi) is 2.19. The van der Waals surface area contributed by atoms with Gasteiger partial charge < -0.3 is 4.52 Å². The number of pyridine rings is 1. The first-order valence-corrected chi connectivity index (χ1v) is 4.47. The van der Waals surface area contributed by atoms with Crippen LogP contribution in [0.25, 0.3) is 10.9 Å². The predicted octanol–water partition coefficient (Wildman–Crippen LogP) is 2.82. The van der Waals surface area contributed by atoms with Crippen LogP contribution in [0.1, 0.15) is 0 Å². The minimum Gasteiger partial charge on any atom is -0.408 e. The SMILES string of the molecule is O=POc1ccc2ncccc2c1. The molecule has 1 heterocycles. The molecular weight excluding hydrogens is 185 g/mol. The second-order valence-corrected chi connectivity index (χ2v) is 2.86. The van der Waals surface area contributed by atoms with Crippen LogP contribution < -0.4 is 4.52 Å². The minimum atomic E-state index is -0.336. The summed E-state index contributed by atoms with van der Waals surface area (Å²) in [7, 11) is -0.336. The fourth-order valence-electron chi connectivity index (χ4n) is 1.15. The number of fused-ring (bicyclic) bond motifs is 1. The number of rotatable bonds is 2. The van der Waals surface area contributed by atoms with Crippen molar-refractivity contribution in [2.24, 2.45) is 0 Å². The van der Waals surface area contributed by atoms with E-state index in [1.807, 2.05) is 18.2 Å². The molecule has 13 heavy (non-hydrogen) atoms. The summed E-state index contributed by atoms with van der Waals surface area (Å²) < 4.78 is 15.0. The van der Waals surface area contributed by atoms with Crippen LogP contribution in [0.5, 0.6) is 5.75 Å². The average molecular weight is 191 g/mol. The zero-order chi connectivity index (χ0) is 9.10. The zero-order valence-electron chi connectivity index (χ0n) is 6.68. The van der Waals surface area contributed by atoms with Gasteiger partial charge in [0, 0.05) is 11.6 Å². The van der Waals surface area contributed by atoms with Gasteiger partial charge in [0.2, 0.25) is 0 Å². The molecule has 0 unspecified atom stereocenters. The van der Waals surface area contributed by atoms with E-state index < -0.39 is 0 Å². The maximum Gasteiger partial charge on any atom is 0.395 e. The van der Waals surface area contributed by atoms with Crippen LogP contribution in [0.3, 0.4) is 0 Å². The molecule has 0 N–H and O–H groups in total. The maximum atomic E-state index is 10.2. The second kappa shape index (κ2) is 3.50. The van der Waals surface area contributed by atoms with Crippen LogP contribution in [0.2, 0.25) is 0 Å². The van der Waals surface area contributed by atoms with Crippen molar-refractivity contribution in [1.82, 2.24) is 4.98 Å². The van der Waals surface area contributed by atoms with E-state index in [1.54, 1.807) is 18.3 Å². The van der Waals surface area contributed by atoms with Crippen molar-refractivity contribution in [2.75, 3.05) is 0 Å². The summed E-state index contributed by atoms with van der Waals surface area (Å²) in [5, 5.41) is 0.976. The quantitative estimate of drug-likeness (QED) is 0.685. The standard InChI is InChI=1S/C9H6NO2P/c11-13-12-8-3-4-9-7(6-8)2-1-5-10-9/h1-6H. The average Bonchev–Trinajstić information content (AvgIpc) is 2.18. The molecule has 0 saturated heterocycles. The predicted molar refractivity (Wildman–Crippen MR) is 50.0 cm³/mol. The van der Waals surface area contributed by atoms with Crippen molar-refractivity contribution < 1.29 is 9.09 Å². The van der Waals surface area contributed by atoms with E-state index in [4.69, 9.17) is 4.52 Å². The maximum absolute atomic E-state index is 10.2. The topological polar surface area (TPSA) is 39.2 Å². The van der Waals surface area contributed by atoms with Crippen LogP contribution in [-0.4, -0.2) is 4.98 Å². The van der Waals surface area contributed by atoms with Gasteiger partial charge in [-0.2, -0.15) is 0 Å². The largest absolute Gasteiger partial charge is 0.408 e. The van der Waals surface area contributed by atoms with E-state index in [-0.39, 0.29) is 8.69 Å². The summed E-state index contributed by atoms with van der Waals surface area (Å²) in [6.07, 6.45) is 1.73. The Labute approximate surface area is 76.7 Å². The molecule has 2 rings (SSSR count). The van der Waals surface area contributed by atoms with Gasteiger partial charge in [-0.05, 0) is 24.3 Å². The molecule has 0 spiro atoms. The summed E-state index contributed by atoms with van der Waals surface area (Å²) >= 11 is 0. The van der Waals surface area contributed by atoms with Crippen LogP contribution in [0.4, 0.5) is 0 Å². The van der Waals surface area contributed by atoms with Crippen LogP contribution in [0.15, 0.2) is 36.5 Å². The molecule has 0 fully saturated rings. The van der Waals surface area contributed by atoms with Gasteiger partial charge in [0.25, 0.3) is 0 Å². The first kappa shape index (κ1) is 8.14. The molecule has 0 aliphatic heterocycles. The molecule has 0 atom stereocenters. The fraction of sp³-hybridized carbons (Fsp3) is 0. The van der Waals surface area contributed by atoms with Gasteiger partial charge in [-0.1, -0.05) is 6.07 Å². The van der Waals surface area contributed by atoms with Crippen molar-refractivity contribution in [3.05, 3.63) is 36.5 Å². The zero-order valence-corrected chi connectivity index (χ0v) is 7.57. The fourth-order valence-corrected chi connectivity index (χ4v) is 1.35. The van der Waals surface area contributed by atoms with Gasteiger partial charge >= 0.3 is 8.69 Å². The highest BCUT2D eigenvalue weighted by atomic mass is 31.1. The van der Waals surface area contributed by atoms with Crippen molar-refractivity contribution in [1.29, 1.82) is 0 Å². The Balaban J connectivity index is 2.55. The molecule has 64 valence electrons. The Hall–Kier alpha value is -1.47. The Morgan fingerprint density at radius 3 is 3.08 bits per heavy atom. The molecular formula is C9H6NO2P. The molecule has 0 aliphatic carbocycles. The van der Waals surface area contributed by atoms with E-state index in [2.05, 4.69) is 4.98 Å². The lowest BCUT2D eigenvalue weighted by Crippen LogP contribution is -1.79. The normalized spacial score (nSPS) is 10.5. The number of benzene rings is 1. The lowest BCUT2D eigenvalue weighted by Gasteiger charge is -1.98. The van der Waals surface area contributed by atoms with Crippen molar-refractivity contribution in [3.63, 3.8) is 0 Å². The number of aromatic nitrogens is 1. The number of hydrogen-bond acceptors (Lipinski definition) is 3. The molecule has 0 aliphatic rings. The molecule has 0 radical (unpaired) electrons. The summed E-state index contributed by atoms with van der Waals surface area (Å²) in [4.78, 5) is 4.15. The third-order valence-corrected chi connectivity index (χ3v) is 2.00. The van der Waals surface area contributed by atoms with Crippen molar-refractivity contribution in [2.45, 2.75) is 0 Å². The van der Waals surface area contributed by atoms with Crippen LogP contribution >= 0.6 is 8.69 Å². The van der Waals surface area contributed by atoms with Crippen molar-refractivity contribution in [3.8, 4) is 5.75 Å². The lowest BCUT2D eigenvalue weighted by molar-refractivity contribution is 0.525. The first-order valence-electron chi connectivity index (χ1n) is 3.74. The minimum absolute atomic E-state index is 0.336. The monoisotopic (exact) mass is 191 g/mol. The Morgan fingerprint density at radius 2 is 2.23 bits per heavy atom. The van der Waals surface area contributed by atoms with Crippen LogP contribution in [0, 0.1) is 0 Å². The molecule has 1 aromatic heterocycles. The molecule has 0 saturated carbocycles. The van der Waals surface area contributed by atoms with E-state index >= 15 is 0 Å². The molecule has 0 amide bonds. The molecule has 2 aromatic rings. The highest BCUT2D eigenvalue weighted by Gasteiger charge is 1.96. The second-order valence-electron chi connectivity index (χ2n) is 2.52. The van der Waals surface area contributed by atoms with Gasteiger partial charge in [0.05, 0.1) is 5.52 Å². The van der Waals surface area contributed by atoms with Crippen molar-refractivity contribution >= 4 is 19.6 Å². The number of nitrogens with zero attached hydrogens (tertiary/aromatic N) is 1. The van der Waals surface area contributed by atoms with Gasteiger partial charge in [-0.3, -0.25) is 4.98 Å². The van der Waals surface area contributed by atoms with E-state index in [0.29, 0.717) is 5.75 Å². The van der Waals surface area contributed by atoms with Crippen LogP contribution in [-0.2, 0) is 4.57 Å². The third kappa shape index (κ3) is 1.65. The highest BCUT2D eigenvalue weighted by Crippen LogP contribution is 2.20. The summed E-state index contributed by atoms with van der Waals surface area (Å²) in [5.41, 5.74) is 0.900.